The van der Waals surface area contributed by atoms with Gasteiger partial charge in [0, 0.05) is 30.6 Å². The van der Waals surface area contributed by atoms with E-state index in [2.05, 4.69) is 16.4 Å². The van der Waals surface area contributed by atoms with E-state index >= 15 is 0 Å². The van der Waals surface area contributed by atoms with Crippen LogP contribution in [0.25, 0.3) is 10.8 Å². The molecule has 1 saturated heterocycles. The van der Waals surface area contributed by atoms with E-state index in [1.165, 1.54) is 12.0 Å². The molecule has 3 rings (SSSR count). The van der Waals surface area contributed by atoms with Crippen LogP contribution in [0.15, 0.2) is 24.4 Å². The van der Waals surface area contributed by atoms with Gasteiger partial charge in [-0.1, -0.05) is 6.92 Å². The van der Waals surface area contributed by atoms with Crippen LogP contribution in [-0.2, 0) is 28.5 Å². The summed E-state index contributed by atoms with van der Waals surface area (Å²) in [6.45, 7) is 10.6. The maximum Gasteiger partial charge on any atom is 0.407 e. The summed E-state index contributed by atoms with van der Waals surface area (Å²) in [5, 5.41) is 13.4. The van der Waals surface area contributed by atoms with Crippen molar-refractivity contribution in [2.75, 3.05) is 79.7 Å². The molecule has 47 heavy (non-hydrogen) atoms. The molecule has 14 heteroatoms. The van der Waals surface area contributed by atoms with Gasteiger partial charge in [-0.25, -0.2) is 14.2 Å². The van der Waals surface area contributed by atoms with Crippen molar-refractivity contribution in [1.82, 2.24) is 15.2 Å². The van der Waals surface area contributed by atoms with Crippen molar-refractivity contribution in [2.24, 2.45) is 5.92 Å². The Hall–Kier alpha value is -3.77. The van der Waals surface area contributed by atoms with Crippen LogP contribution in [0.3, 0.4) is 0 Å². The van der Waals surface area contributed by atoms with Gasteiger partial charge >= 0.3 is 6.09 Å². The minimum Gasteiger partial charge on any atom is -0.495 e. The number of nitriles is 1. The van der Waals surface area contributed by atoms with Crippen LogP contribution < -0.4 is 14.8 Å². The second-order valence-corrected chi connectivity index (χ2v) is 11.8. The Morgan fingerprint density at radius 1 is 1.04 bits per heavy atom. The molecular weight excluding hydrogens is 615 g/mol. The van der Waals surface area contributed by atoms with Gasteiger partial charge in [-0.3, -0.25) is 4.79 Å². The first kappa shape index (κ1) is 37.7. The molecule has 0 aliphatic carbocycles. The highest BCUT2D eigenvalue weighted by atomic mass is 19.1. The number of carbonyl (C=O) groups excluding carboxylic acids is 2. The molecular formula is C33H47FN4O9. The third-order valence-electron chi connectivity index (χ3n) is 7.33. The Morgan fingerprint density at radius 2 is 1.68 bits per heavy atom. The molecule has 0 bridgehead atoms. The number of methoxy groups -OCH3 is 1. The molecule has 0 radical (unpaired) electrons. The van der Waals surface area contributed by atoms with Crippen LogP contribution >= 0.6 is 0 Å². The third kappa shape index (κ3) is 11.8. The Balaban J connectivity index is 1.32. The molecule has 2 amide bonds. The summed E-state index contributed by atoms with van der Waals surface area (Å²) in [4.78, 5) is 30.2. The number of nitrogens with one attached hydrogen (secondary N) is 1. The van der Waals surface area contributed by atoms with E-state index in [1.54, 1.807) is 45.2 Å². The molecule has 1 aliphatic rings. The summed E-state index contributed by atoms with van der Waals surface area (Å²) < 4.78 is 53.6. The number of rotatable bonds is 20. The number of hydrogen-bond acceptors (Lipinski definition) is 11. The van der Waals surface area contributed by atoms with Crippen molar-refractivity contribution in [3.8, 4) is 17.7 Å². The zero-order valence-corrected chi connectivity index (χ0v) is 27.9. The zero-order valence-electron chi connectivity index (χ0n) is 27.9. The Bertz CT molecular complexity index is 1330. The fourth-order valence-electron chi connectivity index (χ4n) is 5.07. The summed E-state index contributed by atoms with van der Waals surface area (Å²) in [6.07, 6.45) is -0.0554. The highest BCUT2D eigenvalue weighted by Crippen LogP contribution is 2.34. The minimum absolute atomic E-state index is 0.0518. The molecule has 2 aromatic rings. The summed E-state index contributed by atoms with van der Waals surface area (Å²) >= 11 is 0. The third-order valence-corrected chi connectivity index (χ3v) is 7.33. The second kappa shape index (κ2) is 19.1. The van der Waals surface area contributed by atoms with E-state index in [-0.39, 0.29) is 19.8 Å². The Kier molecular flexibility index (Phi) is 15.4. The van der Waals surface area contributed by atoms with Gasteiger partial charge in [-0.2, -0.15) is 5.26 Å². The van der Waals surface area contributed by atoms with Crippen LogP contribution in [0, 0.1) is 17.2 Å². The minimum atomic E-state index is -1.62. The van der Waals surface area contributed by atoms with Gasteiger partial charge in [0.15, 0.2) is 6.17 Å². The largest absolute Gasteiger partial charge is 0.495 e. The maximum atomic E-state index is 15.0. The van der Waals surface area contributed by atoms with E-state index in [0.717, 1.165) is 5.39 Å². The van der Waals surface area contributed by atoms with Crippen molar-refractivity contribution in [1.29, 1.82) is 5.26 Å². The van der Waals surface area contributed by atoms with E-state index < -0.39 is 35.7 Å². The normalized spacial score (nSPS) is 17.9. The number of nitrogens with zero attached hydrogens (tertiary/aromatic N) is 3. The average Bonchev–Trinajstić information content (AvgIpc) is 3.27. The molecule has 260 valence electrons. The van der Waals surface area contributed by atoms with E-state index in [4.69, 9.17) is 33.2 Å². The predicted octanol–water partition coefficient (Wildman–Crippen LogP) is 3.66. The molecule has 0 unspecified atom stereocenters. The van der Waals surface area contributed by atoms with Crippen LogP contribution in [0.4, 0.5) is 9.18 Å². The first-order chi connectivity index (χ1) is 22.6. The lowest BCUT2D eigenvalue weighted by Gasteiger charge is -2.27. The Labute approximate surface area is 275 Å². The number of carbonyl (C=O) groups is 2. The molecule has 2 heterocycles. The number of halogens is 1. The number of aromatic nitrogens is 1. The Morgan fingerprint density at radius 3 is 2.28 bits per heavy atom. The monoisotopic (exact) mass is 662 g/mol. The van der Waals surface area contributed by atoms with E-state index in [1.807, 2.05) is 6.92 Å². The average molecular weight is 663 g/mol. The van der Waals surface area contributed by atoms with Crippen LogP contribution in [-0.4, -0.2) is 119 Å². The summed E-state index contributed by atoms with van der Waals surface area (Å²) in [7, 11) is 1.48. The predicted molar refractivity (Wildman–Crippen MR) is 170 cm³/mol. The molecule has 0 saturated carbocycles. The standard InChI is InChI=1S/C33H47FN4O9/c1-6-25-27(22-46-30-26-20-28(41-5)24(21-35)19-23(26)7-8-36-30)38(31(39)29(25)34)10-12-43-14-16-45-18-17-44-15-13-42-11-9-37-32(40)47-33(2,3)4/h7-8,19-20,25,27,29H,6,9-18,22H2,1-5H3,(H,37,40)/t25-,27+,29-/m0/s1. The number of likely N-dealkylation sites (tertiary alicyclic amines) is 1. The van der Waals surface area contributed by atoms with Gasteiger partial charge in [-0.05, 0) is 50.8 Å². The van der Waals surface area contributed by atoms with Gasteiger partial charge in [0.05, 0.1) is 71.6 Å². The van der Waals surface area contributed by atoms with Crippen molar-refractivity contribution >= 4 is 22.8 Å². The van der Waals surface area contributed by atoms with E-state index in [9.17, 15) is 19.2 Å². The van der Waals surface area contributed by atoms with Crippen LogP contribution in [0.2, 0.25) is 0 Å². The first-order valence-electron chi connectivity index (χ1n) is 15.8. The number of benzene rings is 1. The fourth-order valence-corrected chi connectivity index (χ4v) is 5.07. The lowest BCUT2D eigenvalue weighted by atomic mass is 9.96. The summed E-state index contributed by atoms with van der Waals surface area (Å²) in [5.74, 6) is -0.392. The molecule has 1 fully saturated rings. The fraction of sp³-hybridized carbons (Fsp3) is 0.636. The van der Waals surface area contributed by atoms with Gasteiger partial charge in [0.25, 0.3) is 5.91 Å². The van der Waals surface area contributed by atoms with Crippen molar-refractivity contribution in [3.05, 3.63) is 30.0 Å². The number of ether oxygens (including phenoxy) is 7. The molecule has 1 aromatic heterocycles. The molecule has 1 N–H and O–H groups in total. The molecule has 3 atom stereocenters. The van der Waals surface area contributed by atoms with Crippen molar-refractivity contribution in [3.63, 3.8) is 0 Å². The highest BCUT2D eigenvalue weighted by molar-refractivity contribution is 5.89. The molecule has 1 aromatic carbocycles. The van der Waals surface area contributed by atoms with E-state index in [0.29, 0.717) is 81.8 Å². The molecule has 13 nitrogen and oxygen atoms in total. The number of alkyl halides is 1. The summed E-state index contributed by atoms with van der Waals surface area (Å²) in [6, 6.07) is 6.77. The number of alkyl carbamates (subject to hydrolysis) is 1. The number of fused-ring (bicyclic) bond motifs is 1. The van der Waals surface area contributed by atoms with Crippen LogP contribution in [0.1, 0.15) is 39.7 Å². The van der Waals surface area contributed by atoms with Gasteiger partial charge in [-0.15, -0.1) is 0 Å². The van der Waals surface area contributed by atoms with Gasteiger partial charge < -0.3 is 43.4 Å². The lowest BCUT2D eigenvalue weighted by molar-refractivity contribution is -0.134. The highest BCUT2D eigenvalue weighted by Gasteiger charge is 2.47. The topological polar surface area (TPSA) is 151 Å². The maximum absolute atomic E-state index is 15.0. The second-order valence-electron chi connectivity index (χ2n) is 11.8. The lowest BCUT2D eigenvalue weighted by Crippen LogP contribution is -2.41. The van der Waals surface area contributed by atoms with Crippen molar-refractivity contribution < 1.29 is 47.1 Å². The number of pyridine rings is 1. The molecule has 1 aliphatic heterocycles. The SMILES string of the molecule is CC[C@@H]1[C@H](F)C(=O)N(CCOCCOCCOCCOCCNC(=O)OC(C)(C)C)[C@@H]1COc1nccc2cc(C#N)c(OC)cc12. The zero-order chi connectivity index (χ0) is 34.2. The molecule has 0 spiro atoms. The first-order valence-corrected chi connectivity index (χ1v) is 15.8. The van der Waals surface area contributed by atoms with Gasteiger partial charge in [0.1, 0.15) is 24.0 Å². The van der Waals surface area contributed by atoms with Crippen LogP contribution in [0.5, 0.6) is 11.6 Å². The number of amides is 2. The number of hydrogen-bond donors (Lipinski definition) is 1. The quantitative estimate of drug-likeness (QED) is 0.207. The van der Waals surface area contributed by atoms with Gasteiger partial charge in [0.2, 0.25) is 5.88 Å². The van der Waals surface area contributed by atoms with Crippen molar-refractivity contribution in [2.45, 2.75) is 51.9 Å². The summed E-state index contributed by atoms with van der Waals surface area (Å²) in [5.41, 5.74) is -0.153. The smallest absolute Gasteiger partial charge is 0.407 e.